The maximum Gasteiger partial charge on any atom is 0.337 e. The van der Waals surface area contributed by atoms with E-state index in [1.54, 1.807) is 0 Å². The van der Waals surface area contributed by atoms with Crippen molar-refractivity contribution in [3.8, 4) is 5.82 Å². The number of rotatable bonds is 2. The summed E-state index contributed by atoms with van der Waals surface area (Å²) in [6.45, 7) is 0. The van der Waals surface area contributed by atoms with Crippen molar-refractivity contribution in [3.05, 3.63) is 35.5 Å². The smallest absolute Gasteiger partial charge is 0.337 e. The monoisotopic (exact) mass is 224 g/mol. The molecule has 0 bridgehead atoms. The van der Waals surface area contributed by atoms with Gasteiger partial charge in [0, 0.05) is 6.20 Å². The Balaban J connectivity index is 2.52. The largest absolute Gasteiger partial charge is 0.478 e. The summed E-state index contributed by atoms with van der Waals surface area (Å²) in [7, 11) is 0. The van der Waals surface area contributed by atoms with Gasteiger partial charge in [-0.15, -0.1) is 10.2 Å². The molecule has 0 atom stereocenters. The van der Waals surface area contributed by atoms with Crippen LogP contribution in [0.1, 0.15) is 10.4 Å². The summed E-state index contributed by atoms with van der Waals surface area (Å²) in [5.41, 5.74) is -0.00429. The van der Waals surface area contributed by atoms with Gasteiger partial charge in [0.2, 0.25) is 0 Å². The van der Waals surface area contributed by atoms with Gasteiger partial charge in [0.1, 0.15) is 18.5 Å². The van der Waals surface area contributed by atoms with E-state index in [0.29, 0.717) is 5.82 Å². The zero-order chi connectivity index (χ0) is 10.8. The number of nitrogens with zero attached hydrogens (tertiary/aromatic N) is 4. The molecule has 2 aromatic rings. The number of carbonyl (C=O) groups is 1. The quantitative estimate of drug-likeness (QED) is 0.824. The van der Waals surface area contributed by atoms with Crippen molar-refractivity contribution in [2.24, 2.45) is 0 Å². The van der Waals surface area contributed by atoms with Crippen molar-refractivity contribution >= 4 is 17.6 Å². The van der Waals surface area contributed by atoms with Crippen LogP contribution in [0.2, 0.25) is 5.02 Å². The molecule has 0 saturated heterocycles. The van der Waals surface area contributed by atoms with Crippen LogP contribution in [0, 0.1) is 0 Å². The van der Waals surface area contributed by atoms with Crippen LogP contribution in [0.15, 0.2) is 24.9 Å². The Bertz CT molecular complexity index is 497. The van der Waals surface area contributed by atoms with E-state index >= 15 is 0 Å². The van der Waals surface area contributed by atoms with E-state index < -0.39 is 5.97 Å². The van der Waals surface area contributed by atoms with Gasteiger partial charge in [-0.2, -0.15) is 0 Å². The normalized spacial score (nSPS) is 10.2. The Labute approximate surface area is 89.2 Å². The molecular weight excluding hydrogens is 220 g/mol. The molecule has 0 aromatic carbocycles. The maximum absolute atomic E-state index is 10.8. The third kappa shape index (κ3) is 1.79. The summed E-state index contributed by atoms with van der Waals surface area (Å²) in [5, 5.41) is 16.1. The molecule has 0 spiro atoms. The molecule has 0 unspecified atom stereocenters. The van der Waals surface area contributed by atoms with Gasteiger partial charge < -0.3 is 5.11 Å². The van der Waals surface area contributed by atoms with Crippen LogP contribution in [0.3, 0.4) is 0 Å². The fourth-order valence-electron chi connectivity index (χ4n) is 1.05. The lowest BCUT2D eigenvalue weighted by Crippen LogP contribution is -2.02. The lowest BCUT2D eigenvalue weighted by atomic mass is 10.2. The summed E-state index contributed by atoms with van der Waals surface area (Å²) in [4.78, 5) is 14.7. The average Bonchev–Trinajstić information content (AvgIpc) is 2.71. The number of halogens is 1. The minimum atomic E-state index is -1.10. The fourth-order valence-corrected chi connectivity index (χ4v) is 1.24. The molecule has 0 amide bonds. The third-order valence-corrected chi connectivity index (χ3v) is 2.06. The predicted octanol–water partition coefficient (Wildman–Crippen LogP) is 1.01. The van der Waals surface area contributed by atoms with Crippen molar-refractivity contribution in [2.45, 2.75) is 0 Å². The first-order valence-corrected chi connectivity index (χ1v) is 4.30. The first kappa shape index (κ1) is 9.60. The van der Waals surface area contributed by atoms with Crippen LogP contribution >= 0.6 is 11.6 Å². The molecule has 7 heteroatoms. The summed E-state index contributed by atoms with van der Waals surface area (Å²) in [6.07, 6.45) is 4.12. The van der Waals surface area contributed by atoms with E-state index in [2.05, 4.69) is 15.2 Å². The van der Waals surface area contributed by atoms with Crippen LogP contribution in [0.4, 0.5) is 0 Å². The Morgan fingerprint density at radius 2 is 2.07 bits per heavy atom. The molecule has 0 aliphatic carbocycles. The van der Waals surface area contributed by atoms with Crippen LogP contribution in [-0.2, 0) is 0 Å². The SMILES string of the molecule is O=C(O)c1cc(-n2cnnc2)ncc1Cl. The number of carboxylic acids is 1. The lowest BCUT2D eigenvalue weighted by Gasteiger charge is -2.02. The Morgan fingerprint density at radius 1 is 1.40 bits per heavy atom. The van der Waals surface area contributed by atoms with Crippen molar-refractivity contribution < 1.29 is 9.90 Å². The number of carboxylic acid groups (broad SMARTS) is 1. The van der Waals surface area contributed by atoms with Gasteiger partial charge in [-0.25, -0.2) is 9.78 Å². The van der Waals surface area contributed by atoms with Crippen molar-refractivity contribution in [1.82, 2.24) is 19.7 Å². The van der Waals surface area contributed by atoms with E-state index in [4.69, 9.17) is 16.7 Å². The molecule has 6 nitrogen and oxygen atoms in total. The molecule has 0 aliphatic heterocycles. The molecule has 0 radical (unpaired) electrons. The number of aromatic carboxylic acids is 1. The molecule has 76 valence electrons. The molecule has 1 N–H and O–H groups in total. The number of hydrogen-bond acceptors (Lipinski definition) is 4. The van der Waals surface area contributed by atoms with Gasteiger partial charge in [0.25, 0.3) is 0 Å². The summed E-state index contributed by atoms with van der Waals surface area (Å²) >= 11 is 5.67. The van der Waals surface area contributed by atoms with Gasteiger partial charge in [-0.1, -0.05) is 11.6 Å². The molecule has 15 heavy (non-hydrogen) atoms. The molecule has 2 aromatic heterocycles. The second kappa shape index (κ2) is 3.66. The molecule has 2 rings (SSSR count). The highest BCUT2D eigenvalue weighted by atomic mass is 35.5. The Hall–Kier alpha value is -1.95. The number of aromatic nitrogens is 4. The first-order valence-electron chi connectivity index (χ1n) is 3.92. The van der Waals surface area contributed by atoms with Crippen molar-refractivity contribution in [1.29, 1.82) is 0 Å². The highest BCUT2D eigenvalue weighted by Gasteiger charge is 2.11. The average molecular weight is 225 g/mol. The van der Waals surface area contributed by atoms with E-state index in [1.165, 1.54) is 29.5 Å². The summed E-state index contributed by atoms with van der Waals surface area (Å²) in [6, 6.07) is 1.36. The fraction of sp³-hybridized carbons (Fsp3) is 0. The van der Waals surface area contributed by atoms with E-state index in [1.807, 2.05) is 0 Å². The number of hydrogen-bond donors (Lipinski definition) is 1. The highest BCUT2D eigenvalue weighted by Crippen LogP contribution is 2.16. The molecule has 0 fully saturated rings. The lowest BCUT2D eigenvalue weighted by molar-refractivity contribution is 0.0697. The zero-order valence-corrected chi connectivity index (χ0v) is 8.09. The van der Waals surface area contributed by atoms with Crippen molar-refractivity contribution in [3.63, 3.8) is 0 Å². The molecule has 2 heterocycles. The van der Waals surface area contributed by atoms with E-state index in [0.717, 1.165) is 0 Å². The number of pyridine rings is 1. The van der Waals surface area contributed by atoms with Gasteiger partial charge in [-0.05, 0) is 6.07 Å². The second-order valence-electron chi connectivity index (χ2n) is 2.70. The highest BCUT2D eigenvalue weighted by molar-refractivity contribution is 6.33. The zero-order valence-electron chi connectivity index (χ0n) is 7.33. The molecule has 0 aliphatic rings. The van der Waals surface area contributed by atoms with Crippen LogP contribution in [0.5, 0.6) is 0 Å². The molecule has 0 saturated carbocycles. The van der Waals surface area contributed by atoms with Crippen LogP contribution < -0.4 is 0 Å². The van der Waals surface area contributed by atoms with Gasteiger partial charge in [-0.3, -0.25) is 4.57 Å². The van der Waals surface area contributed by atoms with Crippen molar-refractivity contribution in [2.75, 3.05) is 0 Å². The Kier molecular flexibility index (Phi) is 2.34. The second-order valence-corrected chi connectivity index (χ2v) is 3.10. The minimum absolute atomic E-state index is 0.00429. The van der Waals surface area contributed by atoms with Crippen LogP contribution in [-0.4, -0.2) is 30.8 Å². The van der Waals surface area contributed by atoms with Gasteiger partial charge in [0.05, 0.1) is 10.6 Å². The molecular formula is C8H5ClN4O2. The third-order valence-electron chi connectivity index (χ3n) is 1.75. The Morgan fingerprint density at radius 3 is 2.67 bits per heavy atom. The minimum Gasteiger partial charge on any atom is -0.478 e. The predicted molar refractivity (Wildman–Crippen MR) is 51.1 cm³/mol. The van der Waals surface area contributed by atoms with Crippen LogP contribution in [0.25, 0.3) is 5.82 Å². The summed E-state index contributed by atoms with van der Waals surface area (Å²) in [5.74, 6) is -0.696. The standard InChI is InChI=1S/C8H5ClN4O2/c9-6-2-10-7(1-5(6)8(14)15)13-3-11-12-4-13/h1-4H,(H,14,15). The first-order chi connectivity index (χ1) is 7.18. The van der Waals surface area contributed by atoms with Gasteiger partial charge in [0.15, 0.2) is 0 Å². The van der Waals surface area contributed by atoms with E-state index in [-0.39, 0.29) is 10.6 Å². The van der Waals surface area contributed by atoms with E-state index in [9.17, 15) is 4.79 Å². The maximum atomic E-state index is 10.8. The topological polar surface area (TPSA) is 80.9 Å². The van der Waals surface area contributed by atoms with Gasteiger partial charge >= 0.3 is 5.97 Å². The summed E-state index contributed by atoms with van der Waals surface area (Å²) < 4.78 is 1.49.